The molecule has 1 fully saturated rings. The molecule has 0 aromatic heterocycles. The van der Waals surface area contributed by atoms with Gasteiger partial charge in [0.15, 0.2) is 18.1 Å². The average Bonchev–Trinajstić information content (AvgIpc) is 2.52. The van der Waals surface area contributed by atoms with Gasteiger partial charge in [0.05, 0.1) is 11.6 Å². The summed E-state index contributed by atoms with van der Waals surface area (Å²) in [6, 6.07) is 6.57. The molecule has 4 nitrogen and oxygen atoms in total. The highest BCUT2D eigenvalue weighted by atomic mass is 79.9. The van der Waals surface area contributed by atoms with Gasteiger partial charge in [-0.05, 0) is 46.5 Å². The number of hydrogen-bond acceptors (Lipinski definition) is 4. The average molecular weight is 353 g/mol. The molecule has 114 valence electrons. The fourth-order valence-electron chi connectivity index (χ4n) is 2.69. The van der Waals surface area contributed by atoms with Crippen LogP contribution in [-0.4, -0.2) is 19.8 Å². The normalized spacial score (nSPS) is 15.5. The first-order valence-corrected chi connectivity index (χ1v) is 8.13. The summed E-state index contributed by atoms with van der Waals surface area (Å²) in [4.78, 5) is 0. The number of benzene rings is 1. The summed E-state index contributed by atoms with van der Waals surface area (Å²) < 4.78 is 11.6. The van der Waals surface area contributed by atoms with E-state index in [1.807, 2.05) is 18.2 Å². The lowest BCUT2D eigenvalue weighted by Gasteiger charge is -2.23. The molecule has 0 heterocycles. The van der Waals surface area contributed by atoms with E-state index in [0.29, 0.717) is 17.5 Å². The van der Waals surface area contributed by atoms with Gasteiger partial charge in [0, 0.05) is 12.6 Å². The van der Waals surface area contributed by atoms with E-state index >= 15 is 0 Å². The molecule has 0 aliphatic heterocycles. The Labute approximate surface area is 134 Å². The Morgan fingerprint density at radius 2 is 2.10 bits per heavy atom. The molecule has 1 N–H and O–H groups in total. The van der Waals surface area contributed by atoms with Gasteiger partial charge >= 0.3 is 0 Å². The van der Waals surface area contributed by atoms with Crippen molar-refractivity contribution < 1.29 is 9.47 Å². The zero-order valence-electron chi connectivity index (χ0n) is 12.3. The molecule has 0 atom stereocenters. The van der Waals surface area contributed by atoms with E-state index in [0.717, 1.165) is 16.6 Å². The number of nitrogens with one attached hydrogen (secondary N) is 1. The molecule has 0 bridgehead atoms. The molecule has 0 unspecified atom stereocenters. The number of halogens is 1. The highest BCUT2D eigenvalue weighted by molar-refractivity contribution is 9.10. The summed E-state index contributed by atoms with van der Waals surface area (Å²) in [7, 11) is 1.61. The predicted molar refractivity (Wildman–Crippen MR) is 85.5 cm³/mol. The molecular formula is C16H21BrN2O2. The van der Waals surface area contributed by atoms with Crippen molar-refractivity contribution in [2.45, 2.75) is 44.7 Å². The smallest absolute Gasteiger partial charge is 0.176 e. The van der Waals surface area contributed by atoms with E-state index in [4.69, 9.17) is 14.7 Å². The standard InChI is InChI=1S/C16H21BrN2O2/c1-20-15-10-12(9-14(17)16(15)21-8-7-18)11-19-13-5-3-2-4-6-13/h9-10,13,19H,2-6,8,11H2,1H3. The summed E-state index contributed by atoms with van der Waals surface area (Å²) >= 11 is 3.49. The van der Waals surface area contributed by atoms with Crippen LogP contribution in [0.15, 0.2) is 16.6 Å². The number of hydrogen-bond donors (Lipinski definition) is 1. The van der Waals surface area contributed by atoms with E-state index in [9.17, 15) is 0 Å². The third-order valence-corrected chi connectivity index (χ3v) is 4.36. The lowest BCUT2D eigenvalue weighted by molar-refractivity contribution is 0.327. The van der Waals surface area contributed by atoms with Crippen molar-refractivity contribution in [3.8, 4) is 17.6 Å². The topological polar surface area (TPSA) is 54.3 Å². The molecule has 1 aromatic rings. The number of nitrogens with zero attached hydrogens (tertiary/aromatic N) is 1. The fourth-order valence-corrected chi connectivity index (χ4v) is 3.29. The Bertz CT molecular complexity index is 508. The Hall–Kier alpha value is -1.25. The summed E-state index contributed by atoms with van der Waals surface area (Å²) in [6.07, 6.45) is 6.54. The van der Waals surface area contributed by atoms with E-state index in [1.165, 1.54) is 32.1 Å². The minimum absolute atomic E-state index is 0.00856. The van der Waals surface area contributed by atoms with Gasteiger partial charge in [-0.2, -0.15) is 5.26 Å². The predicted octanol–water partition coefficient (Wildman–Crippen LogP) is 3.78. The number of rotatable bonds is 6. The minimum Gasteiger partial charge on any atom is -0.493 e. The molecule has 0 amide bonds. The second-order valence-corrected chi connectivity index (χ2v) is 6.13. The molecule has 1 aliphatic rings. The highest BCUT2D eigenvalue weighted by Crippen LogP contribution is 2.36. The van der Waals surface area contributed by atoms with Gasteiger partial charge in [0.2, 0.25) is 0 Å². The van der Waals surface area contributed by atoms with Crippen LogP contribution in [0.5, 0.6) is 11.5 Å². The molecule has 2 rings (SSSR count). The third-order valence-electron chi connectivity index (χ3n) is 3.77. The fraction of sp³-hybridized carbons (Fsp3) is 0.562. The van der Waals surface area contributed by atoms with Crippen LogP contribution in [0.1, 0.15) is 37.7 Å². The van der Waals surface area contributed by atoms with E-state index in [2.05, 4.69) is 21.2 Å². The largest absolute Gasteiger partial charge is 0.493 e. The van der Waals surface area contributed by atoms with Crippen LogP contribution >= 0.6 is 15.9 Å². The van der Waals surface area contributed by atoms with Crippen LogP contribution in [0.25, 0.3) is 0 Å². The van der Waals surface area contributed by atoms with Crippen LogP contribution in [0.3, 0.4) is 0 Å². The molecule has 1 saturated carbocycles. The molecule has 5 heteroatoms. The highest BCUT2D eigenvalue weighted by Gasteiger charge is 2.15. The van der Waals surface area contributed by atoms with Crippen molar-refractivity contribution in [2.24, 2.45) is 0 Å². The van der Waals surface area contributed by atoms with Gasteiger partial charge < -0.3 is 14.8 Å². The molecular weight excluding hydrogens is 332 g/mol. The van der Waals surface area contributed by atoms with E-state index in [1.54, 1.807) is 7.11 Å². The lowest BCUT2D eigenvalue weighted by Crippen LogP contribution is -2.30. The monoisotopic (exact) mass is 352 g/mol. The Morgan fingerprint density at radius 3 is 2.76 bits per heavy atom. The SMILES string of the molecule is COc1cc(CNC2CCCCC2)cc(Br)c1OCC#N. The lowest BCUT2D eigenvalue weighted by atomic mass is 9.95. The van der Waals surface area contributed by atoms with Gasteiger partial charge in [-0.15, -0.1) is 0 Å². The molecule has 0 spiro atoms. The molecule has 0 saturated heterocycles. The van der Waals surface area contributed by atoms with Crippen molar-refractivity contribution in [3.05, 3.63) is 22.2 Å². The number of ether oxygens (including phenoxy) is 2. The second-order valence-electron chi connectivity index (χ2n) is 5.27. The molecule has 0 radical (unpaired) electrons. The quantitative estimate of drug-likeness (QED) is 0.846. The van der Waals surface area contributed by atoms with Crippen molar-refractivity contribution in [1.29, 1.82) is 5.26 Å². The van der Waals surface area contributed by atoms with Crippen molar-refractivity contribution >= 4 is 15.9 Å². The maximum atomic E-state index is 8.62. The van der Waals surface area contributed by atoms with Crippen LogP contribution in [0, 0.1) is 11.3 Å². The maximum Gasteiger partial charge on any atom is 0.176 e. The first-order chi connectivity index (χ1) is 10.2. The molecule has 21 heavy (non-hydrogen) atoms. The first kappa shape index (κ1) is 16.1. The zero-order valence-corrected chi connectivity index (χ0v) is 13.9. The molecule has 1 aromatic carbocycles. The van der Waals surface area contributed by atoms with Gasteiger partial charge in [0.25, 0.3) is 0 Å². The third kappa shape index (κ3) is 4.62. The van der Waals surface area contributed by atoms with Gasteiger partial charge in [-0.25, -0.2) is 0 Å². The number of methoxy groups -OCH3 is 1. The summed E-state index contributed by atoms with van der Waals surface area (Å²) in [5.74, 6) is 1.24. The van der Waals surface area contributed by atoms with Gasteiger partial charge in [0.1, 0.15) is 6.07 Å². The number of nitriles is 1. The van der Waals surface area contributed by atoms with Crippen LogP contribution < -0.4 is 14.8 Å². The van der Waals surface area contributed by atoms with Gasteiger partial charge in [-0.1, -0.05) is 19.3 Å². The van der Waals surface area contributed by atoms with Crippen molar-refractivity contribution in [1.82, 2.24) is 5.32 Å². The Morgan fingerprint density at radius 1 is 1.33 bits per heavy atom. The first-order valence-electron chi connectivity index (χ1n) is 7.34. The van der Waals surface area contributed by atoms with Crippen molar-refractivity contribution in [3.63, 3.8) is 0 Å². The maximum absolute atomic E-state index is 8.62. The summed E-state index contributed by atoms with van der Waals surface area (Å²) in [5, 5.41) is 12.2. The second kappa shape index (κ2) is 8.26. The summed E-state index contributed by atoms with van der Waals surface area (Å²) in [6.45, 7) is 0.826. The molecule has 1 aliphatic carbocycles. The van der Waals surface area contributed by atoms with Crippen LogP contribution in [0.2, 0.25) is 0 Å². The van der Waals surface area contributed by atoms with Crippen molar-refractivity contribution in [2.75, 3.05) is 13.7 Å². The van der Waals surface area contributed by atoms with Crippen LogP contribution in [0.4, 0.5) is 0 Å². The Kier molecular flexibility index (Phi) is 6.34. The van der Waals surface area contributed by atoms with Gasteiger partial charge in [-0.3, -0.25) is 0 Å². The van der Waals surface area contributed by atoms with E-state index in [-0.39, 0.29) is 6.61 Å². The zero-order chi connectivity index (χ0) is 15.1. The van der Waals surface area contributed by atoms with E-state index < -0.39 is 0 Å². The van der Waals surface area contributed by atoms with Crippen LogP contribution in [-0.2, 0) is 6.54 Å². The summed E-state index contributed by atoms with van der Waals surface area (Å²) in [5.41, 5.74) is 1.15. The minimum atomic E-state index is 0.00856. The Balaban J connectivity index is 2.03.